The number of rotatable bonds is 5. The van der Waals surface area contributed by atoms with E-state index in [1.807, 2.05) is 0 Å². The zero-order valence-electron chi connectivity index (χ0n) is 11.2. The van der Waals surface area contributed by atoms with Crippen LogP contribution in [0.25, 0.3) is 0 Å². The number of hydrogen-bond donors (Lipinski definition) is 0. The molecule has 0 aliphatic heterocycles. The number of methoxy groups -OCH3 is 1. The molecule has 5 nitrogen and oxygen atoms in total. The third-order valence-electron chi connectivity index (χ3n) is 2.20. The highest BCUT2D eigenvalue weighted by Gasteiger charge is 2.34. The van der Waals surface area contributed by atoms with E-state index in [1.165, 1.54) is 13.2 Å². The quantitative estimate of drug-likeness (QED) is 0.780. The van der Waals surface area contributed by atoms with Crippen molar-refractivity contribution >= 4 is 5.97 Å². The average molecular weight is 293 g/mol. The number of pyridine rings is 1. The number of carbonyl (C=O) groups excluding carboxylic acids is 1. The number of hydrogen-bond acceptors (Lipinski definition) is 5. The highest BCUT2D eigenvalue weighted by atomic mass is 19.4. The van der Waals surface area contributed by atoms with Crippen LogP contribution < -0.4 is 9.47 Å². The minimum Gasteiger partial charge on any atom is -0.478 e. The van der Waals surface area contributed by atoms with Crippen LogP contribution in [-0.4, -0.2) is 31.0 Å². The van der Waals surface area contributed by atoms with Crippen LogP contribution in [-0.2, 0) is 16.0 Å². The van der Waals surface area contributed by atoms with Crippen LogP contribution in [0.15, 0.2) is 6.07 Å². The van der Waals surface area contributed by atoms with Gasteiger partial charge in [0.15, 0.2) is 5.75 Å². The predicted octanol–water partition coefficient (Wildman–Crippen LogP) is 2.40. The summed E-state index contributed by atoms with van der Waals surface area (Å²) < 4.78 is 50.6. The van der Waals surface area contributed by atoms with Crippen LogP contribution >= 0.6 is 0 Å². The first-order valence-corrected chi connectivity index (χ1v) is 5.72. The van der Waals surface area contributed by atoms with E-state index in [-0.39, 0.29) is 24.5 Å². The number of alkyl halides is 3. The molecular weight excluding hydrogens is 279 g/mol. The van der Waals surface area contributed by atoms with Crippen LogP contribution in [0.1, 0.15) is 18.2 Å². The van der Waals surface area contributed by atoms with E-state index in [2.05, 4.69) is 9.72 Å². The molecule has 8 heteroatoms. The van der Waals surface area contributed by atoms with Crippen molar-refractivity contribution in [1.29, 1.82) is 0 Å². The third kappa shape index (κ3) is 4.60. The van der Waals surface area contributed by atoms with Crippen LogP contribution in [0.4, 0.5) is 13.2 Å². The van der Waals surface area contributed by atoms with E-state index < -0.39 is 18.1 Å². The molecule has 0 unspecified atom stereocenters. The summed E-state index contributed by atoms with van der Waals surface area (Å²) in [6.07, 6.45) is -5.27. The molecule has 0 aliphatic carbocycles. The van der Waals surface area contributed by atoms with Gasteiger partial charge in [0.05, 0.1) is 20.1 Å². The van der Waals surface area contributed by atoms with E-state index >= 15 is 0 Å². The van der Waals surface area contributed by atoms with Gasteiger partial charge in [-0.2, -0.15) is 0 Å². The molecule has 1 aromatic rings. The Morgan fingerprint density at radius 1 is 1.40 bits per heavy atom. The zero-order chi connectivity index (χ0) is 15.3. The monoisotopic (exact) mass is 293 g/mol. The van der Waals surface area contributed by atoms with E-state index in [0.29, 0.717) is 5.69 Å². The minimum atomic E-state index is -4.91. The molecule has 0 fully saturated rings. The van der Waals surface area contributed by atoms with Gasteiger partial charge >= 0.3 is 12.3 Å². The van der Waals surface area contributed by atoms with Gasteiger partial charge in [0.2, 0.25) is 0 Å². The molecule has 0 saturated heterocycles. The van der Waals surface area contributed by atoms with E-state index in [4.69, 9.17) is 9.47 Å². The fourth-order valence-corrected chi connectivity index (χ4v) is 1.56. The van der Waals surface area contributed by atoms with Gasteiger partial charge in [0.25, 0.3) is 5.88 Å². The van der Waals surface area contributed by atoms with Gasteiger partial charge in [0, 0.05) is 11.3 Å². The first-order chi connectivity index (χ1) is 9.26. The molecule has 1 rings (SSSR count). The molecule has 0 aliphatic rings. The van der Waals surface area contributed by atoms with Gasteiger partial charge in [-0.3, -0.25) is 4.79 Å². The van der Waals surface area contributed by atoms with Crippen LogP contribution in [0.3, 0.4) is 0 Å². The highest BCUT2D eigenvalue weighted by Crippen LogP contribution is 2.35. The summed E-state index contributed by atoms with van der Waals surface area (Å²) in [5.74, 6) is -1.62. The maximum Gasteiger partial charge on any atom is 0.573 e. The molecule has 0 saturated carbocycles. The number of aryl methyl sites for hydroxylation is 1. The van der Waals surface area contributed by atoms with Crippen molar-refractivity contribution in [3.63, 3.8) is 0 Å². The molecule has 1 aromatic heterocycles. The molecule has 20 heavy (non-hydrogen) atoms. The standard InChI is InChI=1S/C12H14F3NO4/c1-4-19-9(17)6-8-5-7(2)16-11(18-3)10(8)20-12(13,14)15/h5H,4,6H2,1-3H3. The lowest BCUT2D eigenvalue weighted by Crippen LogP contribution is -2.20. The molecule has 0 aromatic carbocycles. The number of ether oxygens (including phenoxy) is 3. The van der Waals surface area contributed by atoms with Crippen molar-refractivity contribution in [3.8, 4) is 11.6 Å². The van der Waals surface area contributed by atoms with Crippen molar-refractivity contribution in [2.45, 2.75) is 26.6 Å². The predicted molar refractivity (Wildman–Crippen MR) is 62.5 cm³/mol. The van der Waals surface area contributed by atoms with Gasteiger partial charge in [-0.1, -0.05) is 0 Å². The summed E-state index contributed by atoms with van der Waals surface area (Å²) in [7, 11) is 1.17. The molecule has 0 atom stereocenters. The summed E-state index contributed by atoms with van der Waals surface area (Å²) in [6.45, 7) is 3.30. The fourth-order valence-electron chi connectivity index (χ4n) is 1.56. The Balaban J connectivity index is 3.18. The minimum absolute atomic E-state index is 0.00475. The highest BCUT2D eigenvalue weighted by molar-refractivity contribution is 5.74. The van der Waals surface area contributed by atoms with E-state index in [1.54, 1.807) is 13.8 Å². The van der Waals surface area contributed by atoms with Crippen LogP contribution in [0, 0.1) is 6.92 Å². The van der Waals surface area contributed by atoms with Gasteiger partial charge < -0.3 is 14.2 Å². The summed E-state index contributed by atoms with van der Waals surface area (Å²) in [5.41, 5.74) is 0.404. The lowest BCUT2D eigenvalue weighted by molar-refractivity contribution is -0.275. The summed E-state index contributed by atoms with van der Waals surface area (Å²) >= 11 is 0. The lowest BCUT2D eigenvalue weighted by atomic mass is 10.1. The average Bonchev–Trinajstić information content (AvgIpc) is 2.31. The van der Waals surface area contributed by atoms with Crippen molar-refractivity contribution in [1.82, 2.24) is 4.98 Å². The Bertz CT molecular complexity index is 488. The van der Waals surface area contributed by atoms with E-state index in [0.717, 1.165) is 0 Å². The maximum absolute atomic E-state index is 12.4. The largest absolute Gasteiger partial charge is 0.573 e. The fraction of sp³-hybridized carbons (Fsp3) is 0.500. The SMILES string of the molecule is CCOC(=O)Cc1cc(C)nc(OC)c1OC(F)(F)F. The second kappa shape index (κ2) is 6.44. The van der Waals surface area contributed by atoms with E-state index in [9.17, 15) is 18.0 Å². The molecule has 0 bridgehead atoms. The summed E-state index contributed by atoms with van der Waals surface area (Å²) in [5, 5.41) is 0. The second-order valence-electron chi connectivity index (χ2n) is 3.79. The first-order valence-electron chi connectivity index (χ1n) is 5.72. The molecule has 112 valence electrons. The molecule has 1 heterocycles. The molecule has 0 N–H and O–H groups in total. The number of halogens is 3. The van der Waals surface area contributed by atoms with Gasteiger partial charge in [0.1, 0.15) is 0 Å². The molecule has 0 amide bonds. The number of esters is 1. The van der Waals surface area contributed by atoms with Crippen molar-refractivity contribution in [3.05, 3.63) is 17.3 Å². The lowest BCUT2D eigenvalue weighted by Gasteiger charge is -2.16. The number of carbonyl (C=O) groups is 1. The Morgan fingerprint density at radius 2 is 2.05 bits per heavy atom. The van der Waals surface area contributed by atoms with Gasteiger partial charge in [-0.25, -0.2) is 4.98 Å². The Morgan fingerprint density at radius 3 is 2.55 bits per heavy atom. The summed E-state index contributed by atoms with van der Waals surface area (Å²) in [4.78, 5) is 15.2. The third-order valence-corrected chi connectivity index (χ3v) is 2.20. The molecular formula is C12H14F3NO4. The van der Waals surface area contributed by atoms with Crippen molar-refractivity contribution in [2.75, 3.05) is 13.7 Å². The van der Waals surface area contributed by atoms with Crippen molar-refractivity contribution in [2.24, 2.45) is 0 Å². The van der Waals surface area contributed by atoms with Gasteiger partial charge in [-0.05, 0) is 19.9 Å². The number of aromatic nitrogens is 1. The van der Waals surface area contributed by atoms with Crippen LogP contribution in [0.2, 0.25) is 0 Å². The topological polar surface area (TPSA) is 57.7 Å². The molecule has 0 spiro atoms. The Labute approximate surface area is 113 Å². The van der Waals surface area contributed by atoms with Crippen molar-refractivity contribution < 1.29 is 32.2 Å². The van der Waals surface area contributed by atoms with Crippen LogP contribution in [0.5, 0.6) is 11.6 Å². The Hall–Kier alpha value is -1.99. The smallest absolute Gasteiger partial charge is 0.478 e. The zero-order valence-corrected chi connectivity index (χ0v) is 11.2. The Kier molecular flexibility index (Phi) is 5.18. The second-order valence-corrected chi connectivity index (χ2v) is 3.79. The maximum atomic E-state index is 12.4. The number of nitrogens with zero attached hydrogens (tertiary/aromatic N) is 1. The normalized spacial score (nSPS) is 11.1. The van der Waals surface area contributed by atoms with Gasteiger partial charge in [-0.15, -0.1) is 13.2 Å². The summed E-state index contributed by atoms with van der Waals surface area (Å²) in [6, 6.07) is 1.32. The first kappa shape index (κ1) is 16.1. The molecule has 0 radical (unpaired) electrons.